The van der Waals surface area contributed by atoms with Crippen LogP contribution in [0.3, 0.4) is 0 Å². The van der Waals surface area contributed by atoms with Crippen LogP contribution in [0.25, 0.3) is 0 Å². The molecule has 0 heterocycles. The van der Waals surface area contributed by atoms with E-state index in [0.717, 1.165) is 37.5 Å². The number of rotatable bonds is 19. The van der Waals surface area contributed by atoms with E-state index in [2.05, 4.69) is 12.2 Å². The zero-order valence-corrected chi connectivity index (χ0v) is 20.6. The summed E-state index contributed by atoms with van der Waals surface area (Å²) in [5.74, 6) is -2.98. The number of unbranched alkanes of at least 4 members (excludes halogenated alkanes) is 14. The normalized spacial score (nSPS) is 11.9. The zero-order valence-electron chi connectivity index (χ0n) is 20.6. The Bertz CT molecular complexity index is 681. The summed E-state index contributed by atoms with van der Waals surface area (Å²) < 4.78 is 32.0. The van der Waals surface area contributed by atoms with Crippen molar-refractivity contribution in [2.75, 3.05) is 6.61 Å². The van der Waals surface area contributed by atoms with E-state index in [0.29, 0.717) is 6.61 Å². The van der Waals surface area contributed by atoms with Crippen LogP contribution in [0, 0.1) is 11.6 Å². The van der Waals surface area contributed by atoms with Gasteiger partial charge in [0.25, 0.3) is 5.91 Å². The van der Waals surface area contributed by atoms with Gasteiger partial charge in [0.05, 0.1) is 12.2 Å². The Morgan fingerprint density at radius 3 is 1.82 bits per heavy atom. The molecule has 0 aromatic heterocycles. The number of amides is 1. The van der Waals surface area contributed by atoms with Gasteiger partial charge in [-0.1, -0.05) is 96.8 Å². The minimum Gasteiger partial charge on any atom is -0.464 e. The SMILES string of the molecule is CCCCCCCCCCCCCCCCCOC(=O)C(C)NC(=O)c1cc(F)ccc1F. The Hall–Kier alpha value is -1.98. The first kappa shape index (κ1) is 29.1. The third-order valence-electron chi connectivity index (χ3n) is 5.87. The fraction of sp³-hybridized carbons (Fsp3) is 0.704. The van der Waals surface area contributed by atoms with Gasteiger partial charge in [-0.3, -0.25) is 4.79 Å². The van der Waals surface area contributed by atoms with Crippen LogP contribution in [0.15, 0.2) is 18.2 Å². The average Bonchev–Trinajstić information content (AvgIpc) is 2.80. The van der Waals surface area contributed by atoms with Crippen LogP contribution in [0.4, 0.5) is 8.78 Å². The predicted octanol–water partition coefficient (Wildman–Crippen LogP) is 7.50. The molecular formula is C27H43F2NO3. The highest BCUT2D eigenvalue weighted by atomic mass is 19.1. The summed E-state index contributed by atoms with van der Waals surface area (Å²) in [5.41, 5.74) is -0.433. The molecular weight excluding hydrogens is 424 g/mol. The van der Waals surface area contributed by atoms with Crippen LogP contribution in [0.1, 0.15) is 121 Å². The third-order valence-corrected chi connectivity index (χ3v) is 5.87. The van der Waals surface area contributed by atoms with Crippen molar-refractivity contribution in [1.82, 2.24) is 5.32 Å². The molecule has 33 heavy (non-hydrogen) atoms. The molecule has 0 fully saturated rings. The topological polar surface area (TPSA) is 55.4 Å². The lowest BCUT2D eigenvalue weighted by Crippen LogP contribution is -2.40. The van der Waals surface area contributed by atoms with E-state index >= 15 is 0 Å². The van der Waals surface area contributed by atoms with Crippen LogP contribution in [0.5, 0.6) is 0 Å². The average molecular weight is 468 g/mol. The van der Waals surface area contributed by atoms with Gasteiger partial charge in [0.15, 0.2) is 0 Å². The lowest BCUT2D eigenvalue weighted by Gasteiger charge is -2.14. The van der Waals surface area contributed by atoms with E-state index in [1.165, 1.54) is 84.0 Å². The highest BCUT2D eigenvalue weighted by Crippen LogP contribution is 2.13. The molecule has 0 aliphatic heterocycles. The number of esters is 1. The van der Waals surface area contributed by atoms with Gasteiger partial charge in [-0.25, -0.2) is 13.6 Å². The molecule has 0 saturated heterocycles. The molecule has 1 aromatic rings. The van der Waals surface area contributed by atoms with Crippen LogP contribution in [-0.2, 0) is 9.53 Å². The summed E-state index contributed by atoms with van der Waals surface area (Å²) in [6, 6.07) is 1.68. The molecule has 4 nitrogen and oxygen atoms in total. The van der Waals surface area contributed by atoms with Crippen molar-refractivity contribution in [2.45, 2.75) is 116 Å². The molecule has 1 rings (SSSR count). The van der Waals surface area contributed by atoms with Gasteiger partial charge < -0.3 is 10.1 Å². The summed E-state index contributed by atoms with van der Waals surface area (Å²) in [6.07, 6.45) is 19.0. The standard InChI is InChI=1S/C27H43F2NO3/c1-3-4-5-6-7-8-9-10-11-12-13-14-15-16-17-20-33-27(32)22(2)30-26(31)24-21-23(28)18-19-25(24)29/h18-19,21-22H,3-17,20H2,1-2H3,(H,30,31). The molecule has 0 saturated carbocycles. The molecule has 6 heteroatoms. The summed E-state index contributed by atoms with van der Waals surface area (Å²) in [5, 5.41) is 2.35. The van der Waals surface area contributed by atoms with E-state index in [4.69, 9.17) is 4.74 Å². The second-order valence-electron chi connectivity index (χ2n) is 8.94. The maximum atomic E-state index is 13.6. The van der Waals surface area contributed by atoms with Crippen LogP contribution < -0.4 is 5.32 Å². The van der Waals surface area contributed by atoms with Crippen LogP contribution >= 0.6 is 0 Å². The second-order valence-corrected chi connectivity index (χ2v) is 8.94. The molecule has 0 aliphatic rings. The van der Waals surface area contributed by atoms with Gasteiger partial charge in [-0.15, -0.1) is 0 Å². The molecule has 188 valence electrons. The first-order valence-electron chi connectivity index (χ1n) is 12.9. The predicted molar refractivity (Wildman–Crippen MR) is 129 cm³/mol. The number of ether oxygens (including phenoxy) is 1. The lowest BCUT2D eigenvalue weighted by atomic mass is 10.0. The van der Waals surface area contributed by atoms with E-state index in [-0.39, 0.29) is 0 Å². The van der Waals surface area contributed by atoms with Crippen molar-refractivity contribution < 1.29 is 23.1 Å². The van der Waals surface area contributed by atoms with Gasteiger partial charge in [0.1, 0.15) is 17.7 Å². The number of carbonyl (C=O) groups excluding carboxylic acids is 2. The summed E-state index contributed by atoms with van der Waals surface area (Å²) >= 11 is 0. The number of benzene rings is 1. The minimum atomic E-state index is -0.934. The number of hydrogen-bond acceptors (Lipinski definition) is 3. The van der Waals surface area contributed by atoms with Crippen LogP contribution in [-0.4, -0.2) is 24.5 Å². The van der Waals surface area contributed by atoms with E-state index in [1.807, 2.05) is 0 Å². The first-order valence-corrected chi connectivity index (χ1v) is 12.9. The largest absolute Gasteiger partial charge is 0.464 e. The maximum Gasteiger partial charge on any atom is 0.328 e. The molecule has 1 amide bonds. The Balaban J connectivity index is 1.97. The van der Waals surface area contributed by atoms with Crippen molar-refractivity contribution >= 4 is 11.9 Å². The van der Waals surface area contributed by atoms with Gasteiger partial charge in [0, 0.05) is 0 Å². The highest BCUT2D eigenvalue weighted by molar-refractivity contribution is 5.96. The Morgan fingerprint density at radius 1 is 0.818 bits per heavy atom. The maximum absolute atomic E-state index is 13.6. The molecule has 1 atom stereocenters. The number of nitrogens with one attached hydrogen (secondary N) is 1. The minimum absolute atomic E-state index is 0.297. The fourth-order valence-corrected chi connectivity index (χ4v) is 3.78. The van der Waals surface area contributed by atoms with E-state index in [1.54, 1.807) is 0 Å². The van der Waals surface area contributed by atoms with Crippen molar-refractivity contribution in [3.63, 3.8) is 0 Å². The van der Waals surface area contributed by atoms with Gasteiger partial charge in [-0.2, -0.15) is 0 Å². The third kappa shape index (κ3) is 14.0. The molecule has 0 radical (unpaired) electrons. The lowest BCUT2D eigenvalue weighted by molar-refractivity contribution is -0.145. The first-order chi connectivity index (χ1) is 16.0. The molecule has 1 N–H and O–H groups in total. The smallest absolute Gasteiger partial charge is 0.328 e. The Kier molecular flexibility index (Phi) is 16.2. The number of halogens is 2. The van der Waals surface area contributed by atoms with Gasteiger partial charge in [0.2, 0.25) is 0 Å². The fourth-order valence-electron chi connectivity index (χ4n) is 3.78. The van der Waals surface area contributed by atoms with Crippen molar-refractivity contribution in [3.05, 3.63) is 35.4 Å². The zero-order chi connectivity index (χ0) is 24.3. The second kappa shape index (κ2) is 18.4. The van der Waals surface area contributed by atoms with E-state index in [9.17, 15) is 18.4 Å². The van der Waals surface area contributed by atoms with Crippen LogP contribution in [0.2, 0.25) is 0 Å². The van der Waals surface area contributed by atoms with E-state index < -0.39 is 35.1 Å². The Morgan fingerprint density at radius 2 is 1.30 bits per heavy atom. The highest BCUT2D eigenvalue weighted by Gasteiger charge is 2.20. The van der Waals surface area contributed by atoms with Crippen molar-refractivity contribution in [2.24, 2.45) is 0 Å². The van der Waals surface area contributed by atoms with Gasteiger partial charge >= 0.3 is 5.97 Å². The Labute approximate surface area is 198 Å². The summed E-state index contributed by atoms with van der Waals surface area (Å²) in [4.78, 5) is 24.0. The molecule has 1 aromatic carbocycles. The quantitative estimate of drug-likeness (QED) is 0.169. The number of hydrogen-bond donors (Lipinski definition) is 1. The molecule has 1 unspecified atom stereocenters. The molecule has 0 spiro atoms. The monoisotopic (exact) mass is 467 g/mol. The summed E-state index contributed by atoms with van der Waals surface area (Å²) in [6.45, 7) is 4.01. The van der Waals surface area contributed by atoms with Crippen molar-refractivity contribution in [3.8, 4) is 0 Å². The summed E-state index contributed by atoms with van der Waals surface area (Å²) in [7, 11) is 0. The molecule has 0 bridgehead atoms. The van der Waals surface area contributed by atoms with Crippen molar-refractivity contribution in [1.29, 1.82) is 0 Å². The number of carbonyl (C=O) groups is 2. The molecule has 0 aliphatic carbocycles. The van der Waals surface area contributed by atoms with Gasteiger partial charge in [-0.05, 0) is 31.5 Å².